The Morgan fingerprint density at radius 1 is 1.14 bits per heavy atom. The van der Waals surface area contributed by atoms with Gasteiger partial charge in [0.05, 0.1) is 15.8 Å². The summed E-state index contributed by atoms with van der Waals surface area (Å²) in [5.74, 6) is -0.672. The Morgan fingerprint density at radius 3 is 2.46 bits per heavy atom. The molecule has 0 unspecified atom stereocenters. The van der Waals surface area contributed by atoms with Crippen LogP contribution in [0.5, 0.6) is 5.75 Å². The van der Waals surface area contributed by atoms with Gasteiger partial charge in [-0.3, -0.25) is 10.4 Å². The highest BCUT2D eigenvalue weighted by Crippen LogP contribution is 2.27. The van der Waals surface area contributed by atoms with Crippen LogP contribution in [-0.4, -0.2) is 26.8 Å². The number of nitrogen functional groups attached to an aromatic ring is 1. The summed E-state index contributed by atoms with van der Waals surface area (Å²) < 4.78 is 5.74. The van der Waals surface area contributed by atoms with Gasteiger partial charge in [0.1, 0.15) is 18.1 Å². The molecule has 0 fully saturated rings. The summed E-state index contributed by atoms with van der Waals surface area (Å²) in [4.78, 5) is 18.6. The van der Waals surface area contributed by atoms with Gasteiger partial charge in [0.2, 0.25) is 0 Å². The number of anilines is 1. The predicted molar refractivity (Wildman–Crippen MR) is 107 cm³/mol. The van der Waals surface area contributed by atoms with Crippen molar-refractivity contribution >= 4 is 40.6 Å². The van der Waals surface area contributed by atoms with Crippen LogP contribution in [0.25, 0.3) is 0 Å². The highest BCUT2D eigenvalue weighted by atomic mass is 35.5. The van der Waals surface area contributed by atoms with Crippen molar-refractivity contribution in [1.82, 2.24) is 9.97 Å². The molecule has 0 atom stereocenters. The monoisotopic (exact) mass is 416 g/mol. The summed E-state index contributed by atoms with van der Waals surface area (Å²) in [6.45, 7) is 0.117. The lowest BCUT2D eigenvalue weighted by atomic mass is 10.0. The number of aromatic carboxylic acids is 1. The predicted octanol–water partition coefficient (Wildman–Crippen LogP) is 4.06. The molecule has 2 aromatic heterocycles. The fourth-order valence-corrected chi connectivity index (χ4v) is 2.87. The van der Waals surface area contributed by atoms with E-state index >= 15 is 0 Å². The minimum atomic E-state index is -1.14. The first kappa shape index (κ1) is 19.6. The zero-order chi connectivity index (χ0) is 20.3. The van der Waals surface area contributed by atoms with E-state index in [4.69, 9.17) is 44.2 Å². The Bertz CT molecular complexity index is 1040. The van der Waals surface area contributed by atoms with Gasteiger partial charge in [0.15, 0.2) is 0 Å². The summed E-state index contributed by atoms with van der Waals surface area (Å²) >= 11 is 12.2. The SMILES string of the molecule is N=C(c1ccc(C(=O)O)nc1)c1cc(OCc2c(Cl)cncc2Cl)ccc1N. The van der Waals surface area contributed by atoms with Crippen LogP contribution >= 0.6 is 23.2 Å². The maximum absolute atomic E-state index is 10.9. The summed E-state index contributed by atoms with van der Waals surface area (Å²) in [5.41, 5.74) is 7.81. The van der Waals surface area contributed by atoms with Crippen LogP contribution in [0.15, 0.2) is 48.9 Å². The molecule has 0 saturated carbocycles. The number of ether oxygens (including phenoxy) is 1. The summed E-state index contributed by atoms with van der Waals surface area (Å²) in [6, 6.07) is 7.74. The fraction of sp³-hybridized carbons (Fsp3) is 0.0526. The zero-order valence-electron chi connectivity index (χ0n) is 14.3. The second-order valence-corrected chi connectivity index (χ2v) is 6.55. The number of nitrogens with one attached hydrogen (secondary N) is 1. The van der Waals surface area contributed by atoms with E-state index in [-0.39, 0.29) is 18.0 Å². The Morgan fingerprint density at radius 2 is 1.86 bits per heavy atom. The summed E-state index contributed by atoms with van der Waals surface area (Å²) in [7, 11) is 0. The van der Waals surface area contributed by atoms with Gasteiger partial charge in [-0.05, 0) is 30.3 Å². The molecule has 3 aromatic rings. The lowest BCUT2D eigenvalue weighted by Crippen LogP contribution is -2.08. The molecule has 142 valence electrons. The van der Waals surface area contributed by atoms with Gasteiger partial charge in [-0.2, -0.15) is 0 Å². The molecule has 2 heterocycles. The molecule has 0 amide bonds. The Kier molecular flexibility index (Phi) is 5.77. The average Bonchev–Trinajstić information content (AvgIpc) is 2.68. The molecule has 28 heavy (non-hydrogen) atoms. The number of nitrogens with zero attached hydrogens (tertiary/aromatic N) is 2. The average molecular weight is 417 g/mol. The van der Waals surface area contributed by atoms with E-state index in [1.54, 1.807) is 18.2 Å². The number of nitrogens with two attached hydrogens (primary N) is 1. The van der Waals surface area contributed by atoms with E-state index in [9.17, 15) is 4.79 Å². The van der Waals surface area contributed by atoms with Gasteiger partial charge >= 0.3 is 5.97 Å². The van der Waals surface area contributed by atoms with Crippen LogP contribution in [0.4, 0.5) is 5.69 Å². The molecule has 0 aliphatic heterocycles. The minimum absolute atomic E-state index is 0.0902. The number of rotatable bonds is 6. The van der Waals surface area contributed by atoms with Crippen molar-refractivity contribution in [2.24, 2.45) is 0 Å². The van der Waals surface area contributed by atoms with Gasteiger partial charge in [-0.15, -0.1) is 0 Å². The first-order chi connectivity index (χ1) is 13.4. The number of benzene rings is 1. The fourth-order valence-electron chi connectivity index (χ4n) is 2.40. The number of hydrogen-bond acceptors (Lipinski definition) is 6. The van der Waals surface area contributed by atoms with Crippen LogP contribution < -0.4 is 10.5 Å². The number of halogens is 2. The molecule has 0 saturated heterocycles. The molecule has 4 N–H and O–H groups in total. The molecule has 0 aliphatic rings. The third-order valence-electron chi connectivity index (χ3n) is 3.90. The first-order valence-electron chi connectivity index (χ1n) is 7.95. The van der Waals surface area contributed by atoms with Crippen molar-refractivity contribution in [1.29, 1.82) is 5.41 Å². The number of carboxylic acids is 1. The van der Waals surface area contributed by atoms with Gasteiger partial charge in [0, 0.05) is 41.0 Å². The van der Waals surface area contributed by atoms with Gasteiger partial charge in [-0.1, -0.05) is 23.2 Å². The topological polar surface area (TPSA) is 122 Å². The number of carboxylic acid groups (broad SMARTS) is 1. The molecule has 7 nitrogen and oxygen atoms in total. The van der Waals surface area contributed by atoms with Gasteiger partial charge in [0.25, 0.3) is 0 Å². The number of hydrogen-bond donors (Lipinski definition) is 3. The zero-order valence-corrected chi connectivity index (χ0v) is 15.8. The third-order valence-corrected chi connectivity index (χ3v) is 4.55. The number of pyridine rings is 2. The van der Waals surface area contributed by atoms with Gasteiger partial charge < -0.3 is 15.6 Å². The van der Waals surface area contributed by atoms with E-state index in [1.165, 1.54) is 30.7 Å². The highest BCUT2D eigenvalue weighted by Gasteiger charge is 2.13. The van der Waals surface area contributed by atoms with Crippen LogP contribution in [0.2, 0.25) is 10.0 Å². The molecule has 0 bridgehead atoms. The van der Waals surface area contributed by atoms with Crippen molar-refractivity contribution in [3.63, 3.8) is 0 Å². The molecule has 1 aromatic carbocycles. The Labute approximate surface area is 170 Å². The maximum atomic E-state index is 10.9. The van der Waals surface area contributed by atoms with E-state index in [2.05, 4.69) is 9.97 Å². The van der Waals surface area contributed by atoms with Crippen LogP contribution in [-0.2, 0) is 6.61 Å². The van der Waals surface area contributed by atoms with E-state index in [1.807, 2.05) is 0 Å². The van der Waals surface area contributed by atoms with E-state index < -0.39 is 5.97 Å². The minimum Gasteiger partial charge on any atom is -0.489 e. The lowest BCUT2D eigenvalue weighted by molar-refractivity contribution is 0.0690. The molecule has 3 rings (SSSR count). The standard InChI is InChI=1S/C19H14Cl2N4O3/c20-14-7-24-8-15(21)13(14)9-28-11-2-3-16(22)12(5-11)18(23)10-1-4-17(19(26)27)25-6-10/h1-8,23H,9,22H2,(H,26,27). The van der Waals surface area contributed by atoms with Crippen LogP contribution in [0, 0.1) is 5.41 Å². The smallest absolute Gasteiger partial charge is 0.354 e. The third kappa shape index (κ3) is 4.21. The van der Waals surface area contributed by atoms with Crippen LogP contribution in [0.3, 0.4) is 0 Å². The molecule has 0 spiro atoms. The number of carbonyl (C=O) groups is 1. The second-order valence-electron chi connectivity index (χ2n) is 5.73. The normalized spacial score (nSPS) is 10.5. The van der Waals surface area contributed by atoms with Crippen molar-refractivity contribution in [2.45, 2.75) is 6.61 Å². The largest absolute Gasteiger partial charge is 0.489 e. The second kappa shape index (κ2) is 8.24. The molecular weight excluding hydrogens is 403 g/mol. The van der Waals surface area contributed by atoms with Crippen molar-refractivity contribution in [2.75, 3.05) is 5.73 Å². The lowest BCUT2D eigenvalue weighted by Gasteiger charge is -2.13. The Hall–Kier alpha value is -3.16. The van der Waals surface area contributed by atoms with Crippen molar-refractivity contribution in [3.05, 3.63) is 81.4 Å². The quantitative estimate of drug-likeness (QED) is 0.411. The maximum Gasteiger partial charge on any atom is 0.354 e. The first-order valence-corrected chi connectivity index (χ1v) is 8.71. The molecule has 0 radical (unpaired) electrons. The van der Waals surface area contributed by atoms with Gasteiger partial charge in [-0.25, -0.2) is 9.78 Å². The Balaban J connectivity index is 1.83. The summed E-state index contributed by atoms with van der Waals surface area (Å²) in [6.07, 6.45) is 4.27. The molecule has 0 aliphatic carbocycles. The number of aromatic nitrogens is 2. The highest BCUT2D eigenvalue weighted by molar-refractivity contribution is 6.35. The van der Waals surface area contributed by atoms with Crippen molar-refractivity contribution in [3.8, 4) is 5.75 Å². The molecular formula is C19H14Cl2N4O3. The van der Waals surface area contributed by atoms with Crippen molar-refractivity contribution < 1.29 is 14.6 Å². The van der Waals surface area contributed by atoms with E-state index in [0.717, 1.165) is 0 Å². The van der Waals surface area contributed by atoms with Crippen LogP contribution in [0.1, 0.15) is 27.2 Å². The summed E-state index contributed by atoms with van der Waals surface area (Å²) in [5, 5.41) is 18.1. The molecule has 9 heteroatoms. The van der Waals surface area contributed by atoms with E-state index in [0.29, 0.717) is 38.2 Å².